The Morgan fingerprint density at radius 1 is 1.32 bits per heavy atom. The van der Waals surface area contributed by atoms with Crippen LogP contribution < -0.4 is 10.6 Å². The molecule has 2 N–H and O–H groups in total. The van der Waals surface area contributed by atoms with E-state index in [-0.39, 0.29) is 0 Å². The summed E-state index contributed by atoms with van der Waals surface area (Å²) < 4.78 is 2.20. The van der Waals surface area contributed by atoms with Gasteiger partial charge in [0.05, 0.1) is 6.54 Å². The topological polar surface area (TPSA) is 47.1 Å². The Labute approximate surface area is 117 Å². The predicted octanol–water partition coefficient (Wildman–Crippen LogP) is 2.06. The first kappa shape index (κ1) is 12.5. The smallest absolute Gasteiger partial charge is 0.128 e. The van der Waals surface area contributed by atoms with Crippen molar-refractivity contribution in [2.75, 3.05) is 18.0 Å². The number of aromatic nitrogens is 2. The maximum atomic E-state index is 6.08. The summed E-state index contributed by atoms with van der Waals surface area (Å²) in [5.41, 5.74) is 8.13. The van der Waals surface area contributed by atoms with Crippen LogP contribution in [0.15, 0.2) is 30.6 Å². The molecule has 1 aliphatic rings. The van der Waals surface area contributed by atoms with Crippen LogP contribution in [0, 0.1) is 0 Å². The van der Waals surface area contributed by atoms with Gasteiger partial charge in [0.15, 0.2) is 0 Å². The van der Waals surface area contributed by atoms with E-state index >= 15 is 0 Å². The lowest BCUT2D eigenvalue weighted by molar-refractivity contribution is 0.559. The zero-order valence-electron chi connectivity index (χ0n) is 10.7. The lowest BCUT2D eigenvalue weighted by atomic mass is 10.1. The van der Waals surface area contributed by atoms with Crippen molar-refractivity contribution < 1.29 is 0 Å². The number of benzene rings is 1. The number of rotatable bonds is 3. The van der Waals surface area contributed by atoms with Crippen LogP contribution in [0.2, 0.25) is 5.02 Å². The summed E-state index contributed by atoms with van der Waals surface area (Å²) in [6.45, 7) is 3.44. The van der Waals surface area contributed by atoms with Crippen molar-refractivity contribution in [1.29, 1.82) is 0 Å². The van der Waals surface area contributed by atoms with Crippen LogP contribution in [0.5, 0.6) is 0 Å². The average molecular weight is 277 g/mol. The number of halogens is 1. The fourth-order valence-corrected chi connectivity index (χ4v) is 2.79. The zero-order chi connectivity index (χ0) is 13.2. The molecule has 0 atom stereocenters. The maximum Gasteiger partial charge on any atom is 0.128 e. The fourth-order valence-electron chi connectivity index (χ4n) is 2.60. The van der Waals surface area contributed by atoms with Crippen LogP contribution in [-0.4, -0.2) is 22.6 Å². The Hall–Kier alpha value is -1.52. The molecule has 0 amide bonds. The highest BCUT2D eigenvalue weighted by molar-refractivity contribution is 6.30. The molecule has 1 aromatic heterocycles. The molecule has 0 bridgehead atoms. The number of hydrogen-bond acceptors (Lipinski definition) is 3. The summed E-state index contributed by atoms with van der Waals surface area (Å²) in [7, 11) is 0. The van der Waals surface area contributed by atoms with Gasteiger partial charge in [0, 0.05) is 36.2 Å². The standard InChI is InChI=1S/C14H17ClN4/c15-12-1-2-13(11(9-12)3-4-16)19-8-7-18-6-5-17-14(18)10-19/h1-2,5-6,9H,3-4,7-8,10,16H2. The van der Waals surface area contributed by atoms with E-state index in [1.54, 1.807) is 0 Å². The molecule has 1 aromatic carbocycles. The van der Waals surface area contributed by atoms with E-state index in [9.17, 15) is 0 Å². The number of nitrogens with two attached hydrogens (primary N) is 1. The molecular weight excluding hydrogens is 260 g/mol. The second kappa shape index (κ2) is 5.23. The Kier molecular flexibility index (Phi) is 3.44. The molecule has 2 heterocycles. The number of nitrogens with zero attached hydrogens (tertiary/aromatic N) is 3. The van der Waals surface area contributed by atoms with E-state index in [1.165, 1.54) is 11.3 Å². The normalized spacial score (nSPS) is 14.5. The Morgan fingerprint density at radius 2 is 2.21 bits per heavy atom. The highest BCUT2D eigenvalue weighted by atomic mass is 35.5. The van der Waals surface area contributed by atoms with Crippen LogP contribution in [0.4, 0.5) is 5.69 Å². The molecule has 0 radical (unpaired) electrons. The second-order valence-corrected chi connectivity index (χ2v) is 5.21. The quantitative estimate of drug-likeness (QED) is 0.933. The van der Waals surface area contributed by atoms with Crippen LogP contribution >= 0.6 is 11.6 Å². The minimum Gasteiger partial charge on any atom is -0.362 e. The van der Waals surface area contributed by atoms with Crippen molar-refractivity contribution >= 4 is 17.3 Å². The molecule has 19 heavy (non-hydrogen) atoms. The Balaban J connectivity index is 1.90. The molecule has 0 saturated heterocycles. The molecular formula is C14H17ClN4. The molecule has 100 valence electrons. The molecule has 5 heteroatoms. The van der Waals surface area contributed by atoms with Gasteiger partial charge in [0.25, 0.3) is 0 Å². The fraction of sp³-hybridized carbons (Fsp3) is 0.357. The van der Waals surface area contributed by atoms with Crippen molar-refractivity contribution in [3.8, 4) is 0 Å². The van der Waals surface area contributed by atoms with Gasteiger partial charge in [-0.2, -0.15) is 0 Å². The summed E-state index contributed by atoms with van der Waals surface area (Å²) in [4.78, 5) is 6.75. The molecule has 0 unspecified atom stereocenters. The first-order valence-corrected chi connectivity index (χ1v) is 6.89. The number of anilines is 1. The van der Waals surface area contributed by atoms with E-state index in [0.29, 0.717) is 6.54 Å². The van der Waals surface area contributed by atoms with Crippen molar-refractivity contribution in [2.24, 2.45) is 5.73 Å². The van der Waals surface area contributed by atoms with Gasteiger partial charge >= 0.3 is 0 Å². The monoisotopic (exact) mass is 276 g/mol. The van der Waals surface area contributed by atoms with E-state index in [1.807, 2.05) is 24.5 Å². The van der Waals surface area contributed by atoms with Crippen molar-refractivity contribution in [1.82, 2.24) is 9.55 Å². The SMILES string of the molecule is NCCc1cc(Cl)ccc1N1CCn2ccnc2C1. The van der Waals surface area contributed by atoms with Gasteiger partial charge in [-0.25, -0.2) is 4.98 Å². The summed E-state index contributed by atoms with van der Waals surface area (Å²) in [5, 5.41) is 0.769. The molecule has 0 saturated carbocycles. The molecule has 0 fully saturated rings. The lowest BCUT2D eigenvalue weighted by Gasteiger charge is -2.31. The molecule has 4 nitrogen and oxygen atoms in total. The largest absolute Gasteiger partial charge is 0.362 e. The third-order valence-corrected chi connectivity index (χ3v) is 3.78. The van der Waals surface area contributed by atoms with Gasteiger partial charge in [-0.1, -0.05) is 11.6 Å². The number of hydrogen-bond donors (Lipinski definition) is 1. The molecule has 0 spiro atoms. The summed E-state index contributed by atoms with van der Waals surface area (Å²) >= 11 is 6.08. The zero-order valence-corrected chi connectivity index (χ0v) is 11.5. The van der Waals surface area contributed by atoms with Crippen molar-refractivity contribution in [2.45, 2.75) is 19.5 Å². The third kappa shape index (κ3) is 2.46. The molecule has 0 aliphatic carbocycles. The Morgan fingerprint density at radius 3 is 3.05 bits per heavy atom. The van der Waals surface area contributed by atoms with E-state index < -0.39 is 0 Å². The molecule has 3 rings (SSSR count). The van der Waals surface area contributed by atoms with Gasteiger partial charge in [-0.15, -0.1) is 0 Å². The third-order valence-electron chi connectivity index (χ3n) is 3.54. The molecule has 2 aromatic rings. The van der Waals surface area contributed by atoms with Crippen LogP contribution in [-0.2, 0) is 19.5 Å². The summed E-state index contributed by atoms with van der Waals surface area (Å²) in [6.07, 6.45) is 4.75. The number of imidazole rings is 1. The minimum atomic E-state index is 0.635. The first-order chi connectivity index (χ1) is 9.28. The second-order valence-electron chi connectivity index (χ2n) is 4.77. The predicted molar refractivity (Wildman–Crippen MR) is 77.5 cm³/mol. The van der Waals surface area contributed by atoms with Gasteiger partial charge in [-0.3, -0.25) is 0 Å². The number of fused-ring (bicyclic) bond motifs is 1. The van der Waals surface area contributed by atoms with E-state index in [0.717, 1.165) is 36.9 Å². The summed E-state index contributed by atoms with van der Waals surface area (Å²) in [5.74, 6) is 1.11. The van der Waals surface area contributed by atoms with Crippen LogP contribution in [0.1, 0.15) is 11.4 Å². The van der Waals surface area contributed by atoms with Crippen molar-refractivity contribution in [3.63, 3.8) is 0 Å². The van der Waals surface area contributed by atoms with E-state index in [2.05, 4.69) is 20.5 Å². The van der Waals surface area contributed by atoms with E-state index in [4.69, 9.17) is 17.3 Å². The Bertz CT molecular complexity index is 579. The average Bonchev–Trinajstić information content (AvgIpc) is 2.86. The minimum absolute atomic E-state index is 0.635. The van der Waals surface area contributed by atoms with Crippen LogP contribution in [0.3, 0.4) is 0 Å². The van der Waals surface area contributed by atoms with Gasteiger partial charge in [0.2, 0.25) is 0 Å². The highest BCUT2D eigenvalue weighted by Gasteiger charge is 2.18. The van der Waals surface area contributed by atoms with Gasteiger partial charge in [0.1, 0.15) is 5.82 Å². The highest BCUT2D eigenvalue weighted by Crippen LogP contribution is 2.27. The summed E-state index contributed by atoms with van der Waals surface area (Å²) in [6, 6.07) is 6.05. The molecule has 1 aliphatic heterocycles. The first-order valence-electron chi connectivity index (χ1n) is 6.51. The van der Waals surface area contributed by atoms with Crippen LogP contribution in [0.25, 0.3) is 0 Å². The van der Waals surface area contributed by atoms with Gasteiger partial charge in [-0.05, 0) is 36.7 Å². The van der Waals surface area contributed by atoms with Crippen molar-refractivity contribution in [3.05, 3.63) is 47.0 Å². The lowest BCUT2D eigenvalue weighted by Crippen LogP contribution is -2.34. The maximum absolute atomic E-state index is 6.08. The van der Waals surface area contributed by atoms with Gasteiger partial charge < -0.3 is 15.2 Å².